The smallest absolute Gasteiger partial charge is 0.261 e. The quantitative estimate of drug-likeness (QED) is 0.399. The van der Waals surface area contributed by atoms with Crippen molar-refractivity contribution < 1.29 is 22.7 Å². The molecule has 10 heteroatoms. The number of hydrogen-bond donors (Lipinski definition) is 1. The Hall–Kier alpha value is -3.53. The first-order valence-corrected chi connectivity index (χ1v) is 14.0. The number of hydrogen-bond acceptors (Lipinski definition) is 6. The van der Waals surface area contributed by atoms with Crippen molar-refractivity contribution in [3.8, 4) is 11.5 Å². The molecule has 1 heterocycles. The molecule has 0 radical (unpaired) electrons. The van der Waals surface area contributed by atoms with Crippen LogP contribution in [0.15, 0.2) is 83.8 Å². The van der Waals surface area contributed by atoms with Crippen LogP contribution in [-0.2, 0) is 14.8 Å². The van der Waals surface area contributed by atoms with Gasteiger partial charge in [0.2, 0.25) is 0 Å². The van der Waals surface area contributed by atoms with Crippen molar-refractivity contribution in [1.29, 1.82) is 0 Å². The zero-order valence-corrected chi connectivity index (χ0v) is 22.6. The number of amides is 1. The van der Waals surface area contributed by atoms with Gasteiger partial charge in [0, 0.05) is 32.7 Å². The molecular formula is C28H30ClN3O5S. The molecule has 0 unspecified atom stereocenters. The molecule has 0 saturated carbocycles. The Morgan fingerprint density at radius 2 is 1.71 bits per heavy atom. The van der Waals surface area contributed by atoms with E-state index in [-0.39, 0.29) is 17.4 Å². The summed E-state index contributed by atoms with van der Waals surface area (Å²) in [5.41, 5.74) is 1.48. The molecule has 38 heavy (non-hydrogen) atoms. The Kier molecular flexibility index (Phi) is 9.28. The summed E-state index contributed by atoms with van der Waals surface area (Å²) < 4.78 is 38.6. The third-order valence-corrected chi connectivity index (χ3v) is 7.79. The van der Waals surface area contributed by atoms with Crippen LogP contribution in [0.4, 0.5) is 5.69 Å². The van der Waals surface area contributed by atoms with Gasteiger partial charge in [-0.15, -0.1) is 0 Å². The Labute approximate surface area is 228 Å². The predicted octanol–water partition coefficient (Wildman–Crippen LogP) is 4.39. The fourth-order valence-corrected chi connectivity index (χ4v) is 5.28. The van der Waals surface area contributed by atoms with Crippen molar-refractivity contribution in [3.63, 3.8) is 0 Å². The first-order chi connectivity index (χ1) is 18.3. The highest BCUT2D eigenvalue weighted by Crippen LogP contribution is 2.28. The molecule has 3 aromatic rings. The molecule has 0 aliphatic carbocycles. The van der Waals surface area contributed by atoms with Gasteiger partial charge in [-0.2, -0.15) is 0 Å². The second kappa shape index (κ2) is 12.8. The lowest BCUT2D eigenvalue weighted by Gasteiger charge is -2.34. The van der Waals surface area contributed by atoms with E-state index in [4.69, 9.17) is 21.1 Å². The van der Waals surface area contributed by atoms with Crippen molar-refractivity contribution >= 4 is 39.3 Å². The number of benzene rings is 3. The van der Waals surface area contributed by atoms with Crippen molar-refractivity contribution in [2.24, 2.45) is 0 Å². The van der Waals surface area contributed by atoms with Gasteiger partial charge in [0.05, 0.1) is 22.7 Å². The highest BCUT2D eigenvalue weighted by atomic mass is 35.5. The molecular weight excluding hydrogens is 526 g/mol. The number of nitrogens with zero attached hydrogens (tertiary/aromatic N) is 2. The number of ether oxygens (including phenoxy) is 2. The maximum Gasteiger partial charge on any atom is 0.261 e. The summed E-state index contributed by atoms with van der Waals surface area (Å²) in [6.07, 6.45) is 4.24. The van der Waals surface area contributed by atoms with Crippen LogP contribution in [0.1, 0.15) is 5.56 Å². The van der Waals surface area contributed by atoms with E-state index < -0.39 is 10.0 Å². The van der Waals surface area contributed by atoms with Gasteiger partial charge >= 0.3 is 0 Å². The molecule has 0 atom stereocenters. The van der Waals surface area contributed by atoms with E-state index >= 15 is 0 Å². The summed E-state index contributed by atoms with van der Waals surface area (Å²) in [6.45, 7) is 3.60. The molecule has 0 spiro atoms. The van der Waals surface area contributed by atoms with Crippen LogP contribution in [0.2, 0.25) is 5.02 Å². The molecule has 1 N–H and O–H groups in total. The van der Waals surface area contributed by atoms with Gasteiger partial charge in [0.15, 0.2) is 6.61 Å². The topological polar surface area (TPSA) is 88.2 Å². The van der Waals surface area contributed by atoms with E-state index in [0.29, 0.717) is 35.3 Å². The second-order valence-corrected chi connectivity index (χ2v) is 10.8. The zero-order chi connectivity index (χ0) is 27.0. The molecule has 3 aromatic carbocycles. The number of halogens is 1. The molecule has 1 aliphatic rings. The highest BCUT2D eigenvalue weighted by molar-refractivity contribution is 7.92. The molecule has 1 amide bonds. The lowest BCUT2D eigenvalue weighted by Crippen LogP contribution is -2.49. The fourth-order valence-electron chi connectivity index (χ4n) is 3.98. The lowest BCUT2D eigenvalue weighted by atomic mass is 10.2. The predicted molar refractivity (Wildman–Crippen MR) is 149 cm³/mol. The highest BCUT2D eigenvalue weighted by Gasteiger charge is 2.21. The molecule has 0 bridgehead atoms. The molecule has 1 saturated heterocycles. The molecule has 200 valence electrons. The fraction of sp³-hybridized carbons (Fsp3) is 0.250. The monoisotopic (exact) mass is 555 g/mol. The Morgan fingerprint density at radius 1 is 1.00 bits per heavy atom. The minimum absolute atomic E-state index is 0.0561. The Balaban J connectivity index is 1.22. The van der Waals surface area contributed by atoms with Crippen LogP contribution in [0, 0.1) is 0 Å². The van der Waals surface area contributed by atoms with Crippen LogP contribution >= 0.6 is 11.6 Å². The number of carbonyl (C=O) groups excluding carboxylic acids is 1. The van der Waals surface area contributed by atoms with E-state index in [9.17, 15) is 13.2 Å². The van der Waals surface area contributed by atoms with Gasteiger partial charge < -0.3 is 14.4 Å². The molecule has 1 fully saturated rings. The van der Waals surface area contributed by atoms with Crippen LogP contribution < -0.4 is 14.2 Å². The Bertz CT molecular complexity index is 1360. The van der Waals surface area contributed by atoms with Crippen LogP contribution in [0.3, 0.4) is 0 Å². The van der Waals surface area contributed by atoms with E-state index in [1.54, 1.807) is 17.0 Å². The average molecular weight is 556 g/mol. The van der Waals surface area contributed by atoms with E-state index in [0.717, 1.165) is 19.6 Å². The summed E-state index contributed by atoms with van der Waals surface area (Å²) in [4.78, 5) is 16.8. The minimum atomic E-state index is -3.83. The summed E-state index contributed by atoms with van der Waals surface area (Å²) in [5, 5.41) is 0.294. The third kappa shape index (κ3) is 7.50. The van der Waals surface area contributed by atoms with Crippen molar-refractivity contribution in [2.45, 2.75) is 4.90 Å². The van der Waals surface area contributed by atoms with Crippen molar-refractivity contribution in [1.82, 2.24) is 9.80 Å². The number of rotatable bonds is 10. The summed E-state index contributed by atoms with van der Waals surface area (Å²) >= 11 is 6.08. The summed E-state index contributed by atoms with van der Waals surface area (Å²) in [7, 11) is -2.35. The van der Waals surface area contributed by atoms with Crippen molar-refractivity contribution in [2.75, 3.05) is 51.2 Å². The number of sulfonamides is 1. The number of nitrogens with one attached hydrogen (secondary N) is 1. The van der Waals surface area contributed by atoms with Gasteiger partial charge in [0.1, 0.15) is 11.5 Å². The number of anilines is 1. The van der Waals surface area contributed by atoms with Crippen LogP contribution in [0.5, 0.6) is 11.5 Å². The van der Waals surface area contributed by atoms with Gasteiger partial charge in [0.25, 0.3) is 15.9 Å². The first kappa shape index (κ1) is 27.5. The third-order valence-electron chi connectivity index (χ3n) is 6.10. The second-order valence-electron chi connectivity index (χ2n) is 8.71. The maximum atomic E-state index is 12.7. The number of piperazine rings is 1. The van der Waals surface area contributed by atoms with Gasteiger partial charge in [-0.1, -0.05) is 54.1 Å². The number of carbonyl (C=O) groups is 1. The Morgan fingerprint density at radius 3 is 2.37 bits per heavy atom. The van der Waals surface area contributed by atoms with Gasteiger partial charge in [-0.05, 0) is 48.0 Å². The SMILES string of the molecule is COc1ccc(NS(=O)(=O)c2ccc(OCC(=O)N3CCN(C/C=C/c4ccccc4)CC3)cc2)cc1Cl. The standard InChI is InChI=1S/C28H30ClN3O5S/c1-36-27-14-9-23(20-26(27)29)30-38(34,35)25-12-10-24(11-13-25)37-21-28(33)32-18-16-31(17-19-32)15-5-8-22-6-3-2-4-7-22/h2-14,20,30H,15-19,21H2,1H3/b8-5+. The van der Waals surface area contributed by atoms with E-state index in [2.05, 4.69) is 33.9 Å². The average Bonchev–Trinajstić information content (AvgIpc) is 2.93. The molecule has 1 aliphatic heterocycles. The largest absolute Gasteiger partial charge is 0.495 e. The summed E-state index contributed by atoms with van der Waals surface area (Å²) in [6, 6.07) is 20.7. The van der Waals surface area contributed by atoms with Crippen LogP contribution in [0.25, 0.3) is 6.08 Å². The van der Waals surface area contributed by atoms with Crippen molar-refractivity contribution in [3.05, 3.63) is 89.5 Å². The van der Waals surface area contributed by atoms with Gasteiger partial charge in [-0.25, -0.2) is 8.42 Å². The molecule has 0 aromatic heterocycles. The van der Waals surface area contributed by atoms with Crippen LogP contribution in [-0.4, -0.2) is 70.6 Å². The van der Waals surface area contributed by atoms with E-state index in [1.807, 2.05) is 18.2 Å². The molecule has 4 rings (SSSR count). The first-order valence-electron chi connectivity index (χ1n) is 12.1. The molecule has 8 nitrogen and oxygen atoms in total. The number of methoxy groups -OCH3 is 1. The van der Waals surface area contributed by atoms with Gasteiger partial charge in [-0.3, -0.25) is 14.4 Å². The summed E-state index contributed by atoms with van der Waals surface area (Å²) in [5.74, 6) is 0.761. The lowest BCUT2D eigenvalue weighted by molar-refractivity contribution is -0.135. The van der Waals surface area contributed by atoms with E-state index in [1.165, 1.54) is 43.0 Å². The normalized spacial score (nSPS) is 14.4. The zero-order valence-electron chi connectivity index (χ0n) is 21.0. The maximum absolute atomic E-state index is 12.7. The minimum Gasteiger partial charge on any atom is -0.495 e.